The van der Waals surface area contributed by atoms with Gasteiger partial charge in [-0.25, -0.2) is 0 Å². The van der Waals surface area contributed by atoms with Gasteiger partial charge in [0.25, 0.3) is 0 Å². The number of halogens is 1. The molecule has 1 aliphatic heterocycles. The summed E-state index contributed by atoms with van der Waals surface area (Å²) >= 11 is 5.53. The molecule has 2 N–H and O–H groups in total. The Morgan fingerprint density at radius 2 is 2.28 bits per heavy atom. The Labute approximate surface area is 123 Å². The fraction of sp³-hybridized carbons (Fsp3) is 0.714. The zero-order valence-corrected chi connectivity index (χ0v) is 13.7. The highest BCUT2D eigenvalue weighted by atomic mass is 79.9. The van der Waals surface area contributed by atoms with Crippen molar-refractivity contribution in [2.45, 2.75) is 51.6 Å². The van der Waals surface area contributed by atoms with Crippen LogP contribution in [0.3, 0.4) is 0 Å². The summed E-state index contributed by atoms with van der Waals surface area (Å²) in [6, 6.07) is 2.98. The first-order chi connectivity index (χ1) is 8.63. The molecule has 0 bridgehead atoms. The smallest absolute Gasteiger partial charge is 0.0593 e. The zero-order valence-electron chi connectivity index (χ0n) is 11.3. The molecule has 0 aliphatic carbocycles. The van der Waals surface area contributed by atoms with Crippen LogP contribution in [0.25, 0.3) is 0 Å². The van der Waals surface area contributed by atoms with Crippen molar-refractivity contribution in [3.63, 3.8) is 0 Å². The van der Waals surface area contributed by atoms with Gasteiger partial charge in [0, 0.05) is 20.3 Å². The lowest BCUT2D eigenvalue weighted by Crippen LogP contribution is -2.39. The van der Waals surface area contributed by atoms with Crippen LogP contribution in [-0.4, -0.2) is 24.0 Å². The van der Waals surface area contributed by atoms with Crippen molar-refractivity contribution in [1.82, 2.24) is 4.90 Å². The summed E-state index contributed by atoms with van der Waals surface area (Å²) in [5.41, 5.74) is 6.44. The number of hydrogen-bond donors (Lipinski definition) is 1. The number of nitrogens with zero attached hydrogens (tertiary/aromatic N) is 1. The van der Waals surface area contributed by atoms with Crippen molar-refractivity contribution in [1.29, 1.82) is 0 Å². The minimum Gasteiger partial charge on any atom is -0.326 e. The Hall–Kier alpha value is 0.1000. The highest BCUT2D eigenvalue weighted by molar-refractivity contribution is 9.10. The van der Waals surface area contributed by atoms with Crippen LogP contribution < -0.4 is 5.73 Å². The van der Waals surface area contributed by atoms with E-state index < -0.39 is 0 Å². The number of likely N-dealkylation sites (tertiary alicyclic amines) is 1. The minimum absolute atomic E-state index is 0.281. The van der Waals surface area contributed by atoms with Gasteiger partial charge in [-0.1, -0.05) is 13.3 Å². The van der Waals surface area contributed by atoms with Gasteiger partial charge in [-0.2, -0.15) is 0 Å². The standard InChI is InChI=1S/C14H23BrN2S/c1-3-7-17-8-5-4-6-12(16)14(17)13-9-11(15)10(2)18-13/h9,12,14H,3-8,16H2,1-2H3. The molecule has 0 saturated carbocycles. The molecule has 18 heavy (non-hydrogen) atoms. The summed E-state index contributed by atoms with van der Waals surface area (Å²) in [5.74, 6) is 0. The van der Waals surface area contributed by atoms with Gasteiger partial charge in [0.15, 0.2) is 0 Å². The molecule has 0 spiro atoms. The Morgan fingerprint density at radius 3 is 2.89 bits per heavy atom. The van der Waals surface area contributed by atoms with Crippen molar-refractivity contribution in [2.24, 2.45) is 5.73 Å². The van der Waals surface area contributed by atoms with E-state index in [1.54, 1.807) is 0 Å². The van der Waals surface area contributed by atoms with E-state index in [0.29, 0.717) is 6.04 Å². The maximum atomic E-state index is 6.44. The van der Waals surface area contributed by atoms with Crippen LogP contribution in [-0.2, 0) is 0 Å². The molecule has 1 fully saturated rings. The molecule has 2 rings (SSSR count). The van der Waals surface area contributed by atoms with Crippen LogP contribution in [0.5, 0.6) is 0 Å². The molecule has 2 atom stereocenters. The van der Waals surface area contributed by atoms with E-state index >= 15 is 0 Å². The number of rotatable bonds is 3. The number of hydrogen-bond acceptors (Lipinski definition) is 3. The Balaban J connectivity index is 2.27. The van der Waals surface area contributed by atoms with Crippen LogP contribution >= 0.6 is 27.3 Å². The van der Waals surface area contributed by atoms with Crippen molar-refractivity contribution in [2.75, 3.05) is 13.1 Å². The highest BCUT2D eigenvalue weighted by Crippen LogP contribution is 2.37. The van der Waals surface area contributed by atoms with E-state index in [1.807, 2.05) is 11.3 Å². The third kappa shape index (κ3) is 3.16. The van der Waals surface area contributed by atoms with Crippen LogP contribution in [0.2, 0.25) is 0 Å². The van der Waals surface area contributed by atoms with Gasteiger partial charge >= 0.3 is 0 Å². The average molecular weight is 331 g/mol. The fourth-order valence-corrected chi connectivity index (χ4v) is 4.59. The van der Waals surface area contributed by atoms with E-state index in [0.717, 1.165) is 13.0 Å². The van der Waals surface area contributed by atoms with Gasteiger partial charge < -0.3 is 5.73 Å². The third-order valence-electron chi connectivity index (χ3n) is 3.71. The minimum atomic E-state index is 0.281. The molecule has 1 aromatic heterocycles. The molecular formula is C14H23BrN2S. The van der Waals surface area contributed by atoms with E-state index in [-0.39, 0.29) is 6.04 Å². The van der Waals surface area contributed by atoms with Crippen LogP contribution in [0.15, 0.2) is 10.5 Å². The molecule has 0 amide bonds. The van der Waals surface area contributed by atoms with Gasteiger partial charge in [0.05, 0.1) is 6.04 Å². The second kappa shape index (κ2) is 6.51. The number of nitrogens with two attached hydrogens (primary N) is 1. The first-order valence-corrected chi connectivity index (χ1v) is 8.50. The summed E-state index contributed by atoms with van der Waals surface area (Å²) < 4.78 is 1.23. The summed E-state index contributed by atoms with van der Waals surface area (Å²) in [4.78, 5) is 5.38. The van der Waals surface area contributed by atoms with Crippen molar-refractivity contribution in [3.8, 4) is 0 Å². The Bertz CT molecular complexity index is 372. The molecule has 1 aromatic rings. The second-order valence-electron chi connectivity index (χ2n) is 5.19. The summed E-state index contributed by atoms with van der Waals surface area (Å²) in [6.07, 6.45) is 4.91. The average Bonchev–Trinajstić information content (AvgIpc) is 2.55. The molecule has 0 radical (unpaired) electrons. The largest absolute Gasteiger partial charge is 0.326 e. The lowest BCUT2D eigenvalue weighted by molar-refractivity contribution is 0.189. The van der Waals surface area contributed by atoms with Crippen LogP contribution in [0.4, 0.5) is 0 Å². The quantitative estimate of drug-likeness (QED) is 0.904. The van der Waals surface area contributed by atoms with E-state index in [9.17, 15) is 0 Å². The van der Waals surface area contributed by atoms with Gasteiger partial charge in [-0.3, -0.25) is 4.90 Å². The van der Waals surface area contributed by atoms with E-state index in [1.165, 1.54) is 40.0 Å². The highest BCUT2D eigenvalue weighted by Gasteiger charge is 2.29. The summed E-state index contributed by atoms with van der Waals surface area (Å²) in [6.45, 7) is 6.78. The van der Waals surface area contributed by atoms with Crippen molar-refractivity contribution >= 4 is 27.3 Å². The fourth-order valence-electron chi connectivity index (χ4n) is 2.82. The Morgan fingerprint density at radius 1 is 1.50 bits per heavy atom. The van der Waals surface area contributed by atoms with Gasteiger partial charge in [-0.05, 0) is 61.3 Å². The van der Waals surface area contributed by atoms with Gasteiger partial charge in [0.2, 0.25) is 0 Å². The topological polar surface area (TPSA) is 29.3 Å². The van der Waals surface area contributed by atoms with Gasteiger partial charge in [0.1, 0.15) is 0 Å². The maximum Gasteiger partial charge on any atom is 0.0593 e. The molecular weight excluding hydrogens is 308 g/mol. The third-order valence-corrected chi connectivity index (χ3v) is 5.92. The normalized spacial score (nSPS) is 26.2. The molecule has 102 valence electrons. The van der Waals surface area contributed by atoms with Crippen LogP contribution in [0, 0.1) is 6.92 Å². The molecule has 2 heterocycles. The molecule has 1 saturated heterocycles. The van der Waals surface area contributed by atoms with Gasteiger partial charge in [-0.15, -0.1) is 11.3 Å². The van der Waals surface area contributed by atoms with Crippen molar-refractivity contribution < 1.29 is 0 Å². The first kappa shape index (κ1) is 14.5. The van der Waals surface area contributed by atoms with Crippen LogP contribution in [0.1, 0.15) is 48.4 Å². The maximum absolute atomic E-state index is 6.44. The molecule has 4 heteroatoms. The lowest BCUT2D eigenvalue weighted by Gasteiger charge is -2.32. The van der Waals surface area contributed by atoms with Crippen molar-refractivity contribution in [3.05, 3.63) is 20.3 Å². The zero-order chi connectivity index (χ0) is 13.1. The number of thiophene rings is 1. The molecule has 1 aliphatic rings. The number of aryl methyl sites for hydroxylation is 1. The summed E-state index contributed by atoms with van der Waals surface area (Å²) in [5, 5.41) is 0. The monoisotopic (exact) mass is 330 g/mol. The molecule has 2 nitrogen and oxygen atoms in total. The molecule has 2 unspecified atom stereocenters. The predicted molar refractivity (Wildman–Crippen MR) is 83.2 cm³/mol. The predicted octanol–water partition coefficient (Wildman–Crippen LogP) is 4.08. The summed E-state index contributed by atoms with van der Waals surface area (Å²) in [7, 11) is 0. The first-order valence-electron chi connectivity index (χ1n) is 6.89. The van der Waals surface area contributed by atoms with E-state index in [2.05, 4.69) is 40.7 Å². The SMILES string of the molecule is CCCN1CCCCC(N)C1c1cc(Br)c(C)s1. The lowest BCUT2D eigenvalue weighted by atomic mass is 10.0. The second-order valence-corrected chi connectivity index (χ2v) is 7.34. The molecule has 0 aromatic carbocycles. The van der Waals surface area contributed by atoms with E-state index in [4.69, 9.17) is 5.73 Å². The Kier molecular flexibility index (Phi) is 5.24.